The Morgan fingerprint density at radius 2 is 1.85 bits per heavy atom. The molecule has 138 valence electrons. The molecule has 0 aliphatic heterocycles. The fourth-order valence-electron chi connectivity index (χ4n) is 2.33. The van der Waals surface area contributed by atoms with Gasteiger partial charge in [-0.05, 0) is 49.2 Å². The molecule has 0 radical (unpaired) electrons. The molecular weight excluding hydrogens is 334 g/mol. The summed E-state index contributed by atoms with van der Waals surface area (Å²) in [5.74, 6) is -0.228. The lowest BCUT2D eigenvalue weighted by Gasteiger charge is -2.18. The van der Waals surface area contributed by atoms with Crippen molar-refractivity contribution >= 4 is 11.9 Å². The Hall–Kier alpha value is -3.02. The molecule has 1 atom stereocenters. The second-order valence-electron chi connectivity index (χ2n) is 5.88. The molecule has 0 heterocycles. The minimum atomic E-state index is -1.07. The number of carbonyl (C=O) groups excluding carboxylic acids is 1. The highest BCUT2D eigenvalue weighted by molar-refractivity contribution is 5.94. The summed E-state index contributed by atoms with van der Waals surface area (Å²) < 4.78 is 11.0. The number of rotatable bonds is 9. The van der Waals surface area contributed by atoms with Crippen LogP contribution in [0.15, 0.2) is 48.5 Å². The number of ether oxygens (including phenoxy) is 2. The highest BCUT2D eigenvalue weighted by Crippen LogP contribution is 2.16. The van der Waals surface area contributed by atoms with Crippen LogP contribution in [0, 0.1) is 6.92 Å². The molecule has 0 fully saturated rings. The fourth-order valence-corrected chi connectivity index (χ4v) is 2.33. The molecule has 0 bridgehead atoms. The van der Waals surface area contributed by atoms with E-state index in [1.54, 1.807) is 18.2 Å². The van der Waals surface area contributed by atoms with Gasteiger partial charge in [0.1, 0.15) is 17.6 Å². The molecule has 0 saturated heterocycles. The summed E-state index contributed by atoms with van der Waals surface area (Å²) >= 11 is 0. The Morgan fingerprint density at radius 1 is 1.12 bits per heavy atom. The van der Waals surface area contributed by atoms with Crippen LogP contribution in [0.4, 0.5) is 0 Å². The maximum absolute atomic E-state index is 12.3. The molecule has 1 amide bonds. The Kier molecular flexibility index (Phi) is 7.02. The summed E-state index contributed by atoms with van der Waals surface area (Å²) in [4.78, 5) is 22.9. The largest absolute Gasteiger partial charge is 0.489 e. The van der Waals surface area contributed by atoms with Crippen molar-refractivity contribution in [1.82, 2.24) is 5.32 Å². The van der Waals surface area contributed by atoms with Gasteiger partial charge < -0.3 is 19.9 Å². The predicted octanol–water partition coefficient (Wildman–Crippen LogP) is 3.05. The number of hydrogen-bond donors (Lipinski definition) is 2. The highest BCUT2D eigenvalue weighted by atomic mass is 16.5. The van der Waals surface area contributed by atoms with Crippen LogP contribution in [0.2, 0.25) is 0 Å². The summed E-state index contributed by atoms with van der Waals surface area (Å²) in [6.45, 7) is 3.90. The van der Waals surface area contributed by atoms with Gasteiger partial charge in [-0.1, -0.05) is 25.1 Å². The van der Waals surface area contributed by atoms with Crippen molar-refractivity contribution in [3.63, 3.8) is 0 Å². The lowest BCUT2D eigenvalue weighted by molar-refractivity contribution is -0.139. The number of aliphatic carboxylic acids is 1. The van der Waals surface area contributed by atoms with E-state index in [0.29, 0.717) is 17.9 Å². The highest BCUT2D eigenvalue weighted by Gasteiger charge is 2.12. The van der Waals surface area contributed by atoms with Crippen LogP contribution in [0.25, 0.3) is 0 Å². The molecule has 0 aromatic heterocycles. The molecule has 6 nitrogen and oxygen atoms in total. The normalized spacial score (nSPS) is 11.5. The fraction of sp³-hybridized carbons (Fsp3) is 0.300. The maximum Gasteiger partial charge on any atom is 0.341 e. The summed E-state index contributed by atoms with van der Waals surface area (Å²) in [6.07, 6.45) is 0.600. The first kappa shape index (κ1) is 19.3. The third-order valence-electron chi connectivity index (χ3n) is 3.70. The molecular formula is C20H23NO5. The standard InChI is InChI=1S/C20H23NO5/c1-3-16(26-18-9-4-6-14(2)10-18)12-21-20(24)15-7-5-8-17(11-15)25-13-19(22)23/h4-11,16H,3,12-13H2,1-2H3,(H,21,24)(H,22,23). The Labute approximate surface area is 152 Å². The van der Waals surface area contributed by atoms with Crippen LogP contribution in [-0.2, 0) is 4.79 Å². The minimum absolute atomic E-state index is 0.146. The quantitative estimate of drug-likeness (QED) is 0.720. The van der Waals surface area contributed by atoms with E-state index in [0.717, 1.165) is 17.7 Å². The number of amides is 1. The molecule has 2 aromatic carbocycles. The molecule has 6 heteroatoms. The van der Waals surface area contributed by atoms with Gasteiger partial charge >= 0.3 is 5.97 Å². The summed E-state index contributed by atoms with van der Waals surface area (Å²) in [7, 11) is 0. The van der Waals surface area contributed by atoms with Gasteiger partial charge in [0, 0.05) is 5.56 Å². The third-order valence-corrected chi connectivity index (χ3v) is 3.70. The predicted molar refractivity (Wildman–Crippen MR) is 97.8 cm³/mol. The maximum atomic E-state index is 12.3. The molecule has 2 aromatic rings. The Morgan fingerprint density at radius 3 is 2.54 bits per heavy atom. The van der Waals surface area contributed by atoms with Gasteiger partial charge in [0.25, 0.3) is 5.91 Å². The number of hydrogen-bond acceptors (Lipinski definition) is 4. The zero-order chi connectivity index (χ0) is 18.9. The van der Waals surface area contributed by atoms with Crippen LogP contribution in [0.5, 0.6) is 11.5 Å². The van der Waals surface area contributed by atoms with Crippen LogP contribution < -0.4 is 14.8 Å². The molecule has 26 heavy (non-hydrogen) atoms. The second-order valence-corrected chi connectivity index (χ2v) is 5.88. The van der Waals surface area contributed by atoms with Gasteiger partial charge in [-0.2, -0.15) is 0 Å². The summed E-state index contributed by atoms with van der Waals surface area (Å²) in [5.41, 5.74) is 1.51. The molecule has 0 spiro atoms. The van der Waals surface area contributed by atoms with Crippen molar-refractivity contribution in [2.24, 2.45) is 0 Å². The number of aryl methyl sites for hydroxylation is 1. The van der Waals surface area contributed by atoms with Gasteiger partial charge in [0.15, 0.2) is 6.61 Å². The van der Waals surface area contributed by atoms with Gasteiger partial charge in [-0.15, -0.1) is 0 Å². The molecule has 0 aliphatic rings. The SMILES string of the molecule is CCC(CNC(=O)c1cccc(OCC(=O)O)c1)Oc1cccc(C)c1. The van der Waals surface area contributed by atoms with E-state index >= 15 is 0 Å². The number of carboxylic acid groups (broad SMARTS) is 1. The van der Waals surface area contributed by atoms with Crippen LogP contribution >= 0.6 is 0 Å². The lowest BCUT2D eigenvalue weighted by Crippen LogP contribution is -2.35. The molecule has 1 unspecified atom stereocenters. The van der Waals surface area contributed by atoms with Crippen molar-refractivity contribution in [2.45, 2.75) is 26.4 Å². The Balaban J connectivity index is 1.91. The minimum Gasteiger partial charge on any atom is -0.489 e. The first-order chi connectivity index (χ1) is 12.5. The monoisotopic (exact) mass is 357 g/mol. The van der Waals surface area contributed by atoms with Crippen molar-refractivity contribution in [1.29, 1.82) is 0 Å². The van der Waals surface area contributed by atoms with Crippen LogP contribution in [-0.4, -0.2) is 36.2 Å². The first-order valence-electron chi connectivity index (χ1n) is 8.44. The Bertz CT molecular complexity index is 759. The van der Waals surface area contributed by atoms with E-state index in [1.165, 1.54) is 6.07 Å². The number of benzene rings is 2. The van der Waals surface area contributed by atoms with E-state index < -0.39 is 12.6 Å². The molecule has 2 rings (SSSR count). The van der Waals surface area contributed by atoms with Crippen LogP contribution in [0.1, 0.15) is 29.3 Å². The average Bonchev–Trinajstić information content (AvgIpc) is 2.63. The number of carboxylic acids is 1. The van der Waals surface area contributed by atoms with Crippen LogP contribution in [0.3, 0.4) is 0 Å². The molecule has 0 aliphatic carbocycles. The van der Waals surface area contributed by atoms with E-state index in [2.05, 4.69) is 5.32 Å². The summed E-state index contributed by atoms with van der Waals surface area (Å²) in [5, 5.41) is 11.5. The van der Waals surface area contributed by atoms with Gasteiger partial charge in [0.2, 0.25) is 0 Å². The topological polar surface area (TPSA) is 84.9 Å². The molecule has 2 N–H and O–H groups in total. The van der Waals surface area contributed by atoms with Crippen molar-refractivity contribution in [2.75, 3.05) is 13.2 Å². The van der Waals surface area contributed by atoms with Crippen molar-refractivity contribution in [3.8, 4) is 11.5 Å². The van der Waals surface area contributed by atoms with Crippen molar-refractivity contribution < 1.29 is 24.2 Å². The number of nitrogens with one attached hydrogen (secondary N) is 1. The number of carbonyl (C=O) groups is 2. The average molecular weight is 357 g/mol. The van der Waals surface area contributed by atoms with Crippen molar-refractivity contribution in [3.05, 3.63) is 59.7 Å². The zero-order valence-electron chi connectivity index (χ0n) is 14.9. The summed E-state index contributed by atoms with van der Waals surface area (Å²) in [6, 6.07) is 14.2. The van der Waals surface area contributed by atoms with Gasteiger partial charge in [0.05, 0.1) is 6.54 Å². The zero-order valence-corrected chi connectivity index (χ0v) is 14.9. The lowest BCUT2D eigenvalue weighted by atomic mass is 10.2. The second kappa shape index (κ2) is 9.46. The van der Waals surface area contributed by atoms with E-state index in [4.69, 9.17) is 14.6 Å². The smallest absolute Gasteiger partial charge is 0.341 e. The third kappa shape index (κ3) is 6.12. The molecule has 0 saturated carbocycles. The van der Waals surface area contributed by atoms with E-state index in [-0.39, 0.29) is 12.0 Å². The van der Waals surface area contributed by atoms with E-state index in [1.807, 2.05) is 38.1 Å². The van der Waals surface area contributed by atoms with Gasteiger partial charge in [-0.3, -0.25) is 4.79 Å². The first-order valence-corrected chi connectivity index (χ1v) is 8.44. The van der Waals surface area contributed by atoms with E-state index in [9.17, 15) is 9.59 Å². The van der Waals surface area contributed by atoms with Gasteiger partial charge in [-0.25, -0.2) is 4.79 Å².